The van der Waals surface area contributed by atoms with E-state index in [4.69, 9.17) is 0 Å². The molecule has 0 aliphatic rings. The summed E-state index contributed by atoms with van der Waals surface area (Å²) in [4.78, 5) is 16.5. The Morgan fingerprint density at radius 1 is 1.08 bits per heavy atom. The normalized spacial score (nSPS) is 10.7. The average Bonchev–Trinajstić information content (AvgIpc) is 2.98. The number of benzene rings is 2. The topological polar surface area (TPSA) is 42.0 Å². The van der Waals surface area contributed by atoms with Gasteiger partial charge in [0.1, 0.15) is 0 Å². The first kappa shape index (κ1) is 16.3. The van der Waals surface area contributed by atoms with Crippen molar-refractivity contribution in [2.24, 2.45) is 0 Å². The number of aryl methyl sites for hydroxylation is 2. The number of nitrogens with zero attached hydrogens (tertiary/aromatic N) is 1. The highest BCUT2D eigenvalue weighted by Gasteiger charge is 2.13. The molecule has 0 saturated heterocycles. The molecule has 0 radical (unpaired) electrons. The molecule has 24 heavy (non-hydrogen) atoms. The first-order valence-electron chi connectivity index (χ1n) is 7.23. The second-order valence-electron chi connectivity index (χ2n) is 5.44. The van der Waals surface area contributed by atoms with E-state index in [2.05, 4.69) is 16.4 Å². The van der Waals surface area contributed by atoms with Crippen molar-refractivity contribution in [3.8, 4) is 11.3 Å². The number of carbonyl (C=O) groups excluding carboxylic acids is 1. The zero-order chi connectivity index (χ0) is 17.3. The van der Waals surface area contributed by atoms with Gasteiger partial charge in [0, 0.05) is 16.5 Å². The van der Waals surface area contributed by atoms with E-state index in [-0.39, 0.29) is 5.56 Å². The van der Waals surface area contributed by atoms with Crippen molar-refractivity contribution in [3.63, 3.8) is 0 Å². The largest absolute Gasteiger partial charge is 0.298 e. The molecule has 1 N–H and O–H groups in total. The first-order valence-corrected chi connectivity index (χ1v) is 8.11. The molecule has 0 aliphatic heterocycles. The van der Waals surface area contributed by atoms with Gasteiger partial charge in [0.15, 0.2) is 16.8 Å². The van der Waals surface area contributed by atoms with E-state index in [9.17, 15) is 13.6 Å². The third kappa shape index (κ3) is 3.33. The van der Waals surface area contributed by atoms with E-state index in [0.29, 0.717) is 5.13 Å². The third-order valence-electron chi connectivity index (χ3n) is 3.56. The van der Waals surface area contributed by atoms with Gasteiger partial charge in [-0.25, -0.2) is 13.8 Å². The van der Waals surface area contributed by atoms with Crippen molar-refractivity contribution in [1.29, 1.82) is 0 Å². The highest BCUT2D eigenvalue weighted by atomic mass is 32.1. The molecular weight excluding hydrogens is 330 g/mol. The van der Waals surface area contributed by atoms with Gasteiger partial charge in [0.2, 0.25) is 0 Å². The van der Waals surface area contributed by atoms with E-state index < -0.39 is 17.5 Å². The standard InChI is InChI=1S/C18H14F2N2OS/c1-10-3-5-13(11(2)7-10)16-9-24-18(21-16)22-17(23)12-4-6-14(19)15(20)8-12/h3-9H,1-2H3,(H,21,22,23). The Morgan fingerprint density at radius 2 is 1.88 bits per heavy atom. The van der Waals surface area contributed by atoms with Crippen molar-refractivity contribution in [3.05, 3.63) is 70.1 Å². The number of carbonyl (C=O) groups is 1. The highest BCUT2D eigenvalue weighted by molar-refractivity contribution is 7.14. The molecule has 3 rings (SSSR count). The molecule has 0 fully saturated rings. The molecule has 0 spiro atoms. The zero-order valence-corrected chi connectivity index (χ0v) is 13.9. The smallest absolute Gasteiger partial charge is 0.257 e. The lowest BCUT2D eigenvalue weighted by Gasteiger charge is -2.04. The van der Waals surface area contributed by atoms with Crippen molar-refractivity contribution in [2.45, 2.75) is 13.8 Å². The molecule has 0 unspecified atom stereocenters. The van der Waals surface area contributed by atoms with Gasteiger partial charge in [0.05, 0.1) is 5.69 Å². The molecular formula is C18H14F2N2OS. The monoisotopic (exact) mass is 344 g/mol. The number of thiazole rings is 1. The lowest BCUT2D eigenvalue weighted by atomic mass is 10.0. The maximum Gasteiger partial charge on any atom is 0.257 e. The van der Waals surface area contributed by atoms with Crippen LogP contribution in [-0.4, -0.2) is 10.9 Å². The summed E-state index contributed by atoms with van der Waals surface area (Å²) in [6, 6.07) is 9.07. The summed E-state index contributed by atoms with van der Waals surface area (Å²) in [7, 11) is 0. The first-order chi connectivity index (χ1) is 11.4. The number of nitrogens with one attached hydrogen (secondary N) is 1. The Bertz CT molecular complexity index is 921. The summed E-state index contributed by atoms with van der Waals surface area (Å²) in [5.41, 5.74) is 4.05. The van der Waals surface area contributed by atoms with Crippen molar-refractivity contribution < 1.29 is 13.6 Å². The molecule has 0 saturated carbocycles. The van der Waals surface area contributed by atoms with Crippen LogP contribution >= 0.6 is 11.3 Å². The van der Waals surface area contributed by atoms with Crippen LogP contribution in [0.3, 0.4) is 0 Å². The van der Waals surface area contributed by atoms with Crippen LogP contribution in [0.5, 0.6) is 0 Å². The average molecular weight is 344 g/mol. The zero-order valence-electron chi connectivity index (χ0n) is 13.1. The van der Waals surface area contributed by atoms with Crippen molar-refractivity contribution in [2.75, 3.05) is 5.32 Å². The summed E-state index contributed by atoms with van der Waals surface area (Å²) in [5, 5.41) is 4.85. The van der Waals surface area contributed by atoms with E-state index in [1.807, 2.05) is 31.4 Å². The fraction of sp³-hybridized carbons (Fsp3) is 0.111. The molecule has 0 atom stereocenters. The molecule has 0 bridgehead atoms. The van der Waals surface area contributed by atoms with Crippen LogP contribution in [0.15, 0.2) is 41.8 Å². The minimum atomic E-state index is -1.06. The molecule has 0 aliphatic carbocycles. The second-order valence-corrected chi connectivity index (χ2v) is 6.30. The number of rotatable bonds is 3. The Balaban J connectivity index is 1.80. The lowest BCUT2D eigenvalue weighted by molar-refractivity contribution is 0.102. The molecule has 3 aromatic rings. The van der Waals surface area contributed by atoms with Crippen LogP contribution in [0, 0.1) is 25.5 Å². The molecule has 1 aromatic heterocycles. The summed E-state index contributed by atoms with van der Waals surface area (Å²) in [5.74, 6) is -2.58. The fourth-order valence-corrected chi connectivity index (χ4v) is 3.07. The van der Waals surface area contributed by atoms with E-state index >= 15 is 0 Å². The lowest BCUT2D eigenvalue weighted by Crippen LogP contribution is -2.12. The SMILES string of the molecule is Cc1ccc(-c2csc(NC(=O)c3ccc(F)c(F)c3)n2)c(C)c1. The van der Waals surface area contributed by atoms with Crippen LogP contribution in [0.25, 0.3) is 11.3 Å². The van der Waals surface area contributed by atoms with Gasteiger partial charge in [-0.05, 0) is 37.6 Å². The number of amides is 1. The maximum absolute atomic E-state index is 13.2. The minimum absolute atomic E-state index is 0.0390. The predicted molar refractivity (Wildman–Crippen MR) is 91.3 cm³/mol. The van der Waals surface area contributed by atoms with E-state index in [1.54, 1.807) is 0 Å². The maximum atomic E-state index is 13.2. The Labute approximate surface area is 142 Å². The molecule has 2 aromatic carbocycles. The van der Waals surface area contributed by atoms with Gasteiger partial charge >= 0.3 is 0 Å². The molecule has 1 heterocycles. The predicted octanol–water partition coefficient (Wildman–Crippen LogP) is 4.96. The summed E-state index contributed by atoms with van der Waals surface area (Å²) in [6.07, 6.45) is 0. The van der Waals surface area contributed by atoms with Crippen LogP contribution in [0.1, 0.15) is 21.5 Å². The summed E-state index contributed by atoms with van der Waals surface area (Å²) in [6.45, 7) is 4.02. The quantitative estimate of drug-likeness (QED) is 0.730. The Morgan fingerprint density at radius 3 is 2.58 bits per heavy atom. The Kier molecular flexibility index (Phi) is 4.40. The second kappa shape index (κ2) is 6.49. The van der Waals surface area contributed by atoms with Crippen LogP contribution in [0.4, 0.5) is 13.9 Å². The van der Waals surface area contributed by atoms with Gasteiger partial charge < -0.3 is 0 Å². The third-order valence-corrected chi connectivity index (χ3v) is 4.32. The molecule has 1 amide bonds. The summed E-state index contributed by atoms with van der Waals surface area (Å²) < 4.78 is 26.1. The number of hydrogen-bond acceptors (Lipinski definition) is 3. The number of aromatic nitrogens is 1. The van der Waals surface area contributed by atoms with Crippen LogP contribution < -0.4 is 5.32 Å². The molecule has 122 valence electrons. The van der Waals surface area contributed by atoms with Crippen molar-refractivity contribution >= 4 is 22.4 Å². The van der Waals surface area contributed by atoms with Crippen LogP contribution in [-0.2, 0) is 0 Å². The van der Waals surface area contributed by atoms with Gasteiger partial charge in [-0.2, -0.15) is 0 Å². The van der Waals surface area contributed by atoms with Gasteiger partial charge in [0.25, 0.3) is 5.91 Å². The van der Waals surface area contributed by atoms with Gasteiger partial charge in [-0.15, -0.1) is 11.3 Å². The van der Waals surface area contributed by atoms with Crippen LogP contribution in [0.2, 0.25) is 0 Å². The van der Waals surface area contributed by atoms with Gasteiger partial charge in [-0.1, -0.05) is 23.8 Å². The Hall–Kier alpha value is -2.60. The fourth-order valence-electron chi connectivity index (χ4n) is 2.36. The number of anilines is 1. The highest BCUT2D eigenvalue weighted by Crippen LogP contribution is 2.28. The minimum Gasteiger partial charge on any atom is -0.298 e. The molecule has 6 heteroatoms. The van der Waals surface area contributed by atoms with Gasteiger partial charge in [-0.3, -0.25) is 10.1 Å². The summed E-state index contributed by atoms with van der Waals surface area (Å²) >= 11 is 1.28. The van der Waals surface area contributed by atoms with Crippen molar-refractivity contribution in [1.82, 2.24) is 4.98 Å². The van der Waals surface area contributed by atoms with E-state index in [0.717, 1.165) is 29.0 Å². The number of halogens is 2. The van der Waals surface area contributed by atoms with E-state index in [1.165, 1.54) is 23.0 Å². The molecule has 3 nitrogen and oxygen atoms in total. The number of hydrogen-bond donors (Lipinski definition) is 1.